The fourth-order valence-electron chi connectivity index (χ4n) is 2.43. The van der Waals surface area contributed by atoms with Crippen molar-refractivity contribution >= 4 is 11.4 Å². The lowest BCUT2D eigenvalue weighted by Gasteiger charge is -2.33. The molecule has 5 heteroatoms. The van der Waals surface area contributed by atoms with Gasteiger partial charge in [0, 0.05) is 29.7 Å². The summed E-state index contributed by atoms with van der Waals surface area (Å²) in [6, 6.07) is 4.08. The van der Waals surface area contributed by atoms with Crippen LogP contribution >= 0.6 is 0 Å². The first-order chi connectivity index (χ1) is 8.95. The number of nitrogens with zero attached hydrogens (tertiary/aromatic N) is 2. The van der Waals surface area contributed by atoms with Crippen LogP contribution in [-0.4, -0.2) is 32.2 Å². The predicted molar refractivity (Wildman–Crippen MR) is 77.4 cm³/mol. The number of aromatic nitrogens is 1. The van der Waals surface area contributed by atoms with Crippen LogP contribution in [0.2, 0.25) is 0 Å². The third-order valence-corrected chi connectivity index (χ3v) is 5.20. The van der Waals surface area contributed by atoms with E-state index in [-0.39, 0.29) is 10.8 Å². The summed E-state index contributed by atoms with van der Waals surface area (Å²) < 4.78 is 19.8. The molecule has 0 radical (unpaired) electrons. The Balaban J connectivity index is 2.28. The predicted octanol–water partition coefficient (Wildman–Crippen LogP) is 2.69. The fourth-order valence-corrected chi connectivity index (χ4v) is 3.88. The van der Waals surface area contributed by atoms with Gasteiger partial charge in [-0.1, -0.05) is 6.07 Å². The maximum absolute atomic E-state index is 12.6. The van der Waals surface area contributed by atoms with Crippen molar-refractivity contribution in [3.63, 3.8) is 0 Å². The van der Waals surface area contributed by atoms with E-state index >= 15 is 0 Å². The number of hydrogen-bond acceptors (Lipinski definition) is 4. The second-order valence-electron chi connectivity index (χ2n) is 5.76. The van der Waals surface area contributed by atoms with Crippen molar-refractivity contribution in [2.75, 3.05) is 13.7 Å². The van der Waals surface area contributed by atoms with Gasteiger partial charge in [0.15, 0.2) is 0 Å². The molecule has 0 bridgehead atoms. The first kappa shape index (κ1) is 14.6. The van der Waals surface area contributed by atoms with E-state index in [1.807, 2.05) is 32.9 Å². The molecule has 0 aromatic carbocycles. The summed E-state index contributed by atoms with van der Waals surface area (Å²) in [4.78, 5) is 4.25. The van der Waals surface area contributed by atoms with Gasteiger partial charge in [-0.25, -0.2) is 4.98 Å². The maximum atomic E-state index is 12.6. The second kappa shape index (κ2) is 5.69. The molecule has 2 rings (SSSR count). The number of ether oxygens (including phenoxy) is 1. The molecule has 1 aliphatic rings. The first-order valence-electron chi connectivity index (χ1n) is 6.62. The van der Waals surface area contributed by atoms with Crippen LogP contribution in [0, 0.1) is 0 Å². The summed E-state index contributed by atoms with van der Waals surface area (Å²) in [6.07, 6.45) is 3.79. The molecule has 0 aliphatic carbocycles. The smallest absolute Gasteiger partial charge is 0.218 e. The van der Waals surface area contributed by atoms with Crippen LogP contribution in [0.25, 0.3) is 0 Å². The van der Waals surface area contributed by atoms with Crippen LogP contribution in [0.1, 0.15) is 45.2 Å². The van der Waals surface area contributed by atoms with Gasteiger partial charge in [0.2, 0.25) is 5.88 Å². The summed E-state index contributed by atoms with van der Waals surface area (Å²) in [5, 5.41) is 0. The second-order valence-corrected chi connectivity index (χ2v) is 7.95. The lowest BCUT2D eigenvalue weighted by Crippen LogP contribution is -2.42. The Labute approximate surface area is 118 Å². The van der Waals surface area contributed by atoms with Gasteiger partial charge in [0.25, 0.3) is 0 Å². The Bertz CT molecular complexity index is 434. The minimum absolute atomic E-state index is 0.142. The van der Waals surface area contributed by atoms with E-state index in [0.717, 1.165) is 24.9 Å². The number of hydrogen-bond donors (Lipinski definition) is 0. The van der Waals surface area contributed by atoms with Crippen molar-refractivity contribution in [2.24, 2.45) is 0 Å². The minimum atomic E-state index is -1.00. The zero-order valence-corrected chi connectivity index (χ0v) is 12.9. The summed E-state index contributed by atoms with van der Waals surface area (Å²) >= 11 is -1.00. The zero-order valence-electron chi connectivity index (χ0n) is 12.0. The van der Waals surface area contributed by atoms with Crippen LogP contribution in [-0.2, 0) is 11.4 Å². The van der Waals surface area contributed by atoms with E-state index in [0.29, 0.717) is 5.88 Å². The molecule has 0 amide bonds. The van der Waals surface area contributed by atoms with Gasteiger partial charge in [0.1, 0.15) is 4.75 Å². The molecule has 1 aliphatic heterocycles. The highest BCUT2D eigenvalue weighted by atomic mass is 32.2. The molecule has 106 valence electrons. The Morgan fingerprint density at radius 3 is 2.84 bits per heavy atom. The molecule has 1 fully saturated rings. The lowest BCUT2D eigenvalue weighted by molar-refractivity contribution is 0.350. The van der Waals surface area contributed by atoms with Crippen LogP contribution in [0.4, 0.5) is 0 Å². The summed E-state index contributed by atoms with van der Waals surface area (Å²) in [5.41, 5.74) is 1.04. The maximum Gasteiger partial charge on any atom is 0.218 e. The van der Waals surface area contributed by atoms with Crippen molar-refractivity contribution in [1.29, 1.82) is 0 Å². The molecule has 4 nitrogen and oxygen atoms in total. The monoisotopic (exact) mass is 282 g/mol. The van der Waals surface area contributed by atoms with E-state index in [1.165, 1.54) is 0 Å². The van der Waals surface area contributed by atoms with Gasteiger partial charge in [-0.15, -0.1) is 4.31 Å². The summed E-state index contributed by atoms with van der Waals surface area (Å²) in [6.45, 7) is 6.91. The van der Waals surface area contributed by atoms with E-state index in [9.17, 15) is 4.55 Å². The third-order valence-electron chi connectivity index (χ3n) is 3.29. The van der Waals surface area contributed by atoms with Crippen molar-refractivity contribution in [1.82, 2.24) is 9.29 Å². The third kappa shape index (κ3) is 3.04. The molecule has 1 saturated heterocycles. The average Bonchev–Trinajstić information content (AvgIpc) is 2.85. The highest BCUT2D eigenvalue weighted by molar-refractivity contribution is 7.90. The normalized spacial score (nSPS) is 22.5. The van der Waals surface area contributed by atoms with Gasteiger partial charge in [-0.05, 0) is 39.7 Å². The molecule has 2 heterocycles. The molecule has 1 aromatic heterocycles. The van der Waals surface area contributed by atoms with Crippen LogP contribution in [0.5, 0.6) is 5.88 Å². The Morgan fingerprint density at radius 1 is 1.47 bits per heavy atom. The zero-order chi connectivity index (χ0) is 14.0. The highest BCUT2D eigenvalue weighted by Gasteiger charge is 2.42. The van der Waals surface area contributed by atoms with Crippen molar-refractivity contribution < 1.29 is 9.29 Å². The van der Waals surface area contributed by atoms with Gasteiger partial charge < -0.3 is 9.29 Å². The average molecular weight is 282 g/mol. The van der Waals surface area contributed by atoms with Crippen LogP contribution in [0.15, 0.2) is 18.3 Å². The van der Waals surface area contributed by atoms with E-state index < -0.39 is 11.4 Å². The molecular formula is C14H22N2O2S. The summed E-state index contributed by atoms with van der Waals surface area (Å²) in [7, 11) is 1.63. The van der Waals surface area contributed by atoms with E-state index in [1.54, 1.807) is 13.3 Å². The number of methoxy groups -OCH3 is 1. The molecule has 1 aromatic rings. The molecule has 0 N–H and O–H groups in total. The largest absolute Gasteiger partial charge is 0.597 e. The van der Waals surface area contributed by atoms with Crippen molar-refractivity contribution in [2.45, 2.75) is 44.4 Å². The van der Waals surface area contributed by atoms with Gasteiger partial charge in [-0.2, -0.15) is 0 Å². The standard InChI is InChI=1S/C14H22N2O2S/c1-14(2,3)19(17)16-10-6-8-12(16)11-7-5-9-15-13(11)18-4/h5,7,9,12H,6,8,10H2,1-4H3/t12-,19?/m1/s1. The highest BCUT2D eigenvalue weighted by Crippen LogP contribution is 2.40. The Hall–Kier alpha value is -0.780. The van der Waals surface area contributed by atoms with Crippen LogP contribution in [0.3, 0.4) is 0 Å². The van der Waals surface area contributed by atoms with E-state index in [2.05, 4.69) is 9.29 Å². The molecule has 1 unspecified atom stereocenters. The molecule has 19 heavy (non-hydrogen) atoms. The molecule has 0 saturated carbocycles. The molecular weight excluding hydrogens is 260 g/mol. The quantitative estimate of drug-likeness (QED) is 0.800. The molecule has 0 spiro atoms. The SMILES string of the molecule is COc1ncccc1[C@H]1CCCN1[S+]([O-])C(C)(C)C. The Morgan fingerprint density at radius 2 is 2.21 bits per heavy atom. The number of pyridine rings is 1. The first-order valence-corrected chi connectivity index (χ1v) is 7.73. The fraction of sp³-hybridized carbons (Fsp3) is 0.643. The lowest BCUT2D eigenvalue weighted by atomic mass is 10.1. The van der Waals surface area contributed by atoms with E-state index in [4.69, 9.17) is 4.74 Å². The Kier molecular flexibility index (Phi) is 4.38. The van der Waals surface area contributed by atoms with Crippen LogP contribution < -0.4 is 4.74 Å². The molecule has 2 atom stereocenters. The van der Waals surface area contributed by atoms with Gasteiger partial charge in [-0.3, -0.25) is 0 Å². The summed E-state index contributed by atoms with van der Waals surface area (Å²) in [5.74, 6) is 0.644. The topological polar surface area (TPSA) is 48.4 Å². The minimum Gasteiger partial charge on any atom is -0.597 e. The van der Waals surface area contributed by atoms with Crippen molar-refractivity contribution in [3.8, 4) is 5.88 Å². The number of rotatable bonds is 3. The van der Waals surface area contributed by atoms with Gasteiger partial charge in [0.05, 0.1) is 13.2 Å². The van der Waals surface area contributed by atoms with Gasteiger partial charge >= 0.3 is 0 Å². The van der Waals surface area contributed by atoms with Crippen molar-refractivity contribution in [3.05, 3.63) is 23.9 Å².